The highest BCUT2D eigenvalue weighted by molar-refractivity contribution is 7.90. The lowest BCUT2D eigenvalue weighted by atomic mass is 9.91. The average Bonchev–Trinajstić information content (AvgIpc) is 2.62. The molecule has 0 aliphatic carbocycles. The van der Waals surface area contributed by atoms with Gasteiger partial charge in [-0.05, 0) is 49.8 Å². The van der Waals surface area contributed by atoms with Crippen LogP contribution in [-0.4, -0.2) is 31.6 Å². The first kappa shape index (κ1) is 20.6. The Labute approximate surface area is 167 Å². The average molecular weight is 402 g/mol. The third kappa shape index (κ3) is 4.28. The highest BCUT2D eigenvalue weighted by atomic mass is 32.2. The lowest BCUT2D eigenvalue weighted by molar-refractivity contribution is 0.0796. The predicted molar refractivity (Wildman–Crippen MR) is 111 cm³/mol. The number of aliphatic hydroxyl groups excluding tert-OH is 1. The molecule has 3 rings (SSSR count). The first-order valence-electron chi connectivity index (χ1n) is 9.47. The SMILES string of the molecule is Cc1ccccc1C1C(C)(C)OC(C[C@@H](CCO)c2ccccc2)=NS1(=O)=O. The van der Waals surface area contributed by atoms with E-state index in [0.29, 0.717) is 18.4 Å². The molecule has 1 N–H and O–H groups in total. The molecular formula is C22H27NO4S. The minimum atomic E-state index is -3.80. The molecule has 28 heavy (non-hydrogen) atoms. The summed E-state index contributed by atoms with van der Waals surface area (Å²) < 4.78 is 36.4. The van der Waals surface area contributed by atoms with E-state index in [9.17, 15) is 13.5 Å². The van der Waals surface area contributed by atoms with Gasteiger partial charge in [-0.3, -0.25) is 0 Å². The van der Waals surface area contributed by atoms with E-state index in [-0.39, 0.29) is 18.4 Å². The summed E-state index contributed by atoms with van der Waals surface area (Å²) >= 11 is 0. The van der Waals surface area contributed by atoms with Crippen molar-refractivity contribution in [1.82, 2.24) is 0 Å². The maximum atomic E-state index is 13.1. The Morgan fingerprint density at radius 2 is 1.75 bits per heavy atom. The molecule has 2 aromatic carbocycles. The number of ether oxygens (including phenoxy) is 1. The third-order valence-corrected chi connectivity index (χ3v) is 7.06. The fraction of sp³-hybridized carbons (Fsp3) is 0.409. The second-order valence-corrected chi connectivity index (χ2v) is 9.45. The third-order valence-electron chi connectivity index (χ3n) is 5.18. The van der Waals surface area contributed by atoms with Gasteiger partial charge in [0.15, 0.2) is 0 Å². The number of aliphatic hydroxyl groups is 1. The Morgan fingerprint density at radius 1 is 1.11 bits per heavy atom. The van der Waals surface area contributed by atoms with Crippen LogP contribution in [0.3, 0.4) is 0 Å². The first-order valence-corrected chi connectivity index (χ1v) is 11.0. The number of sulfonamides is 1. The van der Waals surface area contributed by atoms with Gasteiger partial charge in [0.05, 0.1) is 0 Å². The summed E-state index contributed by atoms with van der Waals surface area (Å²) in [7, 11) is -3.80. The minimum Gasteiger partial charge on any atom is -0.472 e. The van der Waals surface area contributed by atoms with Crippen LogP contribution in [0.25, 0.3) is 0 Å². The van der Waals surface area contributed by atoms with E-state index >= 15 is 0 Å². The smallest absolute Gasteiger partial charge is 0.267 e. The van der Waals surface area contributed by atoms with Crippen molar-refractivity contribution in [2.75, 3.05) is 6.61 Å². The van der Waals surface area contributed by atoms with E-state index in [0.717, 1.165) is 11.1 Å². The molecule has 1 heterocycles. The van der Waals surface area contributed by atoms with Gasteiger partial charge < -0.3 is 9.84 Å². The zero-order valence-corrected chi connectivity index (χ0v) is 17.3. The van der Waals surface area contributed by atoms with Gasteiger partial charge in [-0.15, -0.1) is 4.40 Å². The lowest BCUT2D eigenvalue weighted by Gasteiger charge is -2.38. The molecule has 0 amide bonds. The van der Waals surface area contributed by atoms with E-state index in [4.69, 9.17) is 4.74 Å². The lowest BCUT2D eigenvalue weighted by Crippen LogP contribution is -2.43. The minimum absolute atomic E-state index is 0.00875. The molecule has 1 aliphatic heterocycles. The first-order chi connectivity index (χ1) is 13.2. The van der Waals surface area contributed by atoms with Gasteiger partial charge in [0, 0.05) is 13.0 Å². The molecule has 6 heteroatoms. The Kier molecular flexibility index (Phi) is 5.91. The summed E-state index contributed by atoms with van der Waals surface area (Å²) in [5.74, 6) is 0.142. The highest BCUT2D eigenvalue weighted by Crippen LogP contribution is 2.42. The normalized spacial score (nSPS) is 21.4. The van der Waals surface area contributed by atoms with Crippen LogP contribution < -0.4 is 0 Å². The van der Waals surface area contributed by atoms with Crippen molar-refractivity contribution < 1.29 is 18.3 Å². The van der Waals surface area contributed by atoms with Crippen molar-refractivity contribution in [3.63, 3.8) is 0 Å². The molecule has 2 aromatic rings. The summed E-state index contributed by atoms with van der Waals surface area (Å²) in [4.78, 5) is 0. The molecule has 0 aromatic heterocycles. The Hall–Kier alpha value is -2.18. The molecule has 5 nitrogen and oxygen atoms in total. The van der Waals surface area contributed by atoms with Crippen molar-refractivity contribution >= 4 is 15.9 Å². The molecule has 1 aliphatic rings. The van der Waals surface area contributed by atoms with Crippen LogP contribution in [0.5, 0.6) is 0 Å². The molecule has 0 saturated carbocycles. The number of nitrogens with zero attached hydrogens (tertiary/aromatic N) is 1. The molecule has 0 bridgehead atoms. The van der Waals surface area contributed by atoms with Gasteiger partial charge in [-0.25, -0.2) is 8.42 Å². The van der Waals surface area contributed by atoms with Gasteiger partial charge in [0.1, 0.15) is 10.9 Å². The molecule has 0 fully saturated rings. The zero-order valence-electron chi connectivity index (χ0n) is 16.5. The number of hydrogen-bond acceptors (Lipinski definition) is 4. The Bertz CT molecular complexity index is 952. The van der Waals surface area contributed by atoms with Crippen molar-refractivity contribution in [2.24, 2.45) is 4.40 Å². The standard InChI is InChI=1S/C22H27NO4S/c1-16-9-7-8-12-19(16)21-22(2,3)27-20(23-28(21,25)26)15-18(13-14-24)17-10-5-4-6-11-17/h4-12,18,21,24H,13-15H2,1-3H3/t18-,21?/m1/s1. The van der Waals surface area contributed by atoms with Crippen LogP contribution in [0, 0.1) is 6.92 Å². The predicted octanol–water partition coefficient (Wildman–Crippen LogP) is 4.13. The van der Waals surface area contributed by atoms with E-state index < -0.39 is 20.9 Å². The van der Waals surface area contributed by atoms with Crippen LogP contribution in [0.1, 0.15) is 54.5 Å². The fourth-order valence-electron chi connectivity index (χ4n) is 3.90. The summed E-state index contributed by atoms with van der Waals surface area (Å²) in [6, 6.07) is 17.2. The largest absolute Gasteiger partial charge is 0.472 e. The van der Waals surface area contributed by atoms with Crippen LogP contribution in [0.2, 0.25) is 0 Å². The van der Waals surface area contributed by atoms with Gasteiger partial charge in [-0.1, -0.05) is 54.6 Å². The molecule has 0 radical (unpaired) electrons. The second-order valence-electron chi connectivity index (χ2n) is 7.77. The van der Waals surface area contributed by atoms with Gasteiger partial charge >= 0.3 is 0 Å². The van der Waals surface area contributed by atoms with Crippen molar-refractivity contribution in [3.8, 4) is 0 Å². The Balaban J connectivity index is 1.96. The van der Waals surface area contributed by atoms with Gasteiger partial charge in [0.25, 0.3) is 10.0 Å². The zero-order chi connectivity index (χ0) is 20.4. The summed E-state index contributed by atoms with van der Waals surface area (Å²) in [6.07, 6.45) is 0.835. The quantitative estimate of drug-likeness (QED) is 0.790. The summed E-state index contributed by atoms with van der Waals surface area (Å²) in [5.41, 5.74) is 1.68. The van der Waals surface area contributed by atoms with E-state index in [1.807, 2.05) is 61.5 Å². The highest BCUT2D eigenvalue weighted by Gasteiger charge is 2.47. The van der Waals surface area contributed by atoms with Crippen molar-refractivity contribution in [1.29, 1.82) is 0 Å². The Morgan fingerprint density at radius 3 is 2.36 bits per heavy atom. The molecule has 2 atom stereocenters. The molecule has 0 saturated heterocycles. The van der Waals surface area contributed by atoms with Crippen LogP contribution in [0.4, 0.5) is 0 Å². The molecule has 150 valence electrons. The monoisotopic (exact) mass is 401 g/mol. The summed E-state index contributed by atoms with van der Waals surface area (Å²) in [5, 5.41) is 8.59. The van der Waals surface area contributed by atoms with Crippen molar-refractivity contribution in [3.05, 3.63) is 71.3 Å². The topological polar surface area (TPSA) is 76.0 Å². The maximum Gasteiger partial charge on any atom is 0.267 e. The molecule has 0 spiro atoms. The van der Waals surface area contributed by atoms with Gasteiger partial charge in [-0.2, -0.15) is 0 Å². The number of aryl methyl sites for hydroxylation is 1. The molecule has 1 unspecified atom stereocenters. The molecular weight excluding hydrogens is 374 g/mol. The fourth-order valence-corrected chi connectivity index (χ4v) is 5.75. The maximum absolute atomic E-state index is 13.1. The number of rotatable bonds is 6. The van der Waals surface area contributed by atoms with Crippen molar-refractivity contribution in [2.45, 2.75) is 50.4 Å². The number of benzene rings is 2. The summed E-state index contributed by atoms with van der Waals surface area (Å²) in [6.45, 7) is 5.49. The van der Waals surface area contributed by atoms with Crippen LogP contribution in [0.15, 0.2) is 59.0 Å². The van der Waals surface area contributed by atoms with Gasteiger partial charge in [0.2, 0.25) is 5.90 Å². The number of hydrogen-bond donors (Lipinski definition) is 1. The van der Waals surface area contributed by atoms with Crippen LogP contribution >= 0.6 is 0 Å². The van der Waals surface area contributed by atoms with E-state index in [1.165, 1.54) is 0 Å². The van der Waals surface area contributed by atoms with E-state index in [2.05, 4.69) is 4.40 Å². The van der Waals surface area contributed by atoms with Crippen LogP contribution in [-0.2, 0) is 14.8 Å². The van der Waals surface area contributed by atoms with E-state index in [1.54, 1.807) is 13.8 Å². The second kappa shape index (κ2) is 8.05.